The second-order valence-electron chi connectivity index (χ2n) is 3.09. The summed E-state index contributed by atoms with van der Waals surface area (Å²) >= 11 is 1.15. The lowest BCUT2D eigenvalue weighted by Crippen LogP contribution is -2.46. The number of rotatable bonds is 2. The minimum absolute atomic E-state index is 0.101. The Kier molecular flexibility index (Phi) is 2.24. The Hall–Kier alpha value is -1.01. The summed E-state index contributed by atoms with van der Waals surface area (Å²) < 4.78 is 3.59. The number of amides is 1. The molecule has 70 valence electrons. The van der Waals surface area contributed by atoms with Crippen LogP contribution in [0.5, 0.6) is 0 Å². The minimum Gasteiger partial charge on any atom is -0.393 e. The summed E-state index contributed by atoms with van der Waals surface area (Å²) in [6.45, 7) is 0. The molecule has 13 heavy (non-hydrogen) atoms. The molecule has 1 amide bonds. The van der Waals surface area contributed by atoms with Gasteiger partial charge in [-0.3, -0.25) is 4.79 Å². The molecule has 0 radical (unpaired) electrons. The Morgan fingerprint density at radius 2 is 2.46 bits per heavy atom. The van der Waals surface area contributed by atoms with Crippen LogP contribution in [0.3, 0.4) is 0 Å². The molecule has 0 aliphatic heterocycles. The highest BCUT2D eigenvalue weighted by molar-refractivity contribution is 7.03. The zero-order valence-electron chi connectivity index (χ0n) is 6.80. The van der Waals surface area contributed by atoms with Gasteiger partial charge in [-0.2, -0.15) is 0 Å². The fraction of sp³-hybridized carbons (Fsp3) is 0.571. The summed E-state index contributed by atoms with van der Waals surface area (Å²) in [7, 11) is 0. The number of nitrogens with zero attached hydrogens (tertiary/aromatic N) is 2. The van der Waals surface area contributed by atoms with E-state index in [1.54, 1.807) is 5.38 Å². The van der Waals surface area contributed by atoms with Gasteiger partial charge in [-0.05, 0) is 24.4 Å². The normalized spacial score (nSPS) is 26.5. The van der Waals surface area contributed by atoms with E-state index in [1.807, 2.05) is 0 Å². The molecule has 1 aliphatic rings. The molecule has 1 aliphatic carbocycles. The molecule has 0 bridgehead atoms. The molecule has 0 saturated heterocycles. The third-order valence-corrected chi connectivity index (χ3v) is 2.55. The van der Waals surface area contributed by atoms with Gasteiger partial charge in [-0.1, -0.05) is 4.49 Å². The van der Waals surface area contributed by atoms with Crippen molar-refractivity contribution in [3.8, 4) is 0 Å². The van der Waals surface area contributed by atoms with Crippen LogP contribution in [0.2, 0.25) is 0 Å². The van der Waals surface area contributed by atoms with Gasteiger partial charge in [-0.25, -0.2) is 0 Å². The van der Waals surface area contributed by atoms with Crippen molar-refractivity contribution in [2.45, 2.75) is 25.0 Å². The van der Waals surface area contributed by atoms with Gasteiger partial charge >= 0.3 is 0 Å². The smallest absolute Gasteiger partial charge is 0.272 e. The van der Waals surface area contributed by atoms with E-state index in [2.05, 4.69) is 14.9 Å². The zero-order chi connectivity index (χ0) is 9.26. The summed E-state index contributed by atoms with van der Waals surface area (Å²) in [5.74, 6) is -0.203. The Bertz CT molecular complexity index is 295. The Labute approximate surface area is 78.9 Å². The summed E-state index contributed by atoms with van der Waals surface area (Å²) in [6.07, 6.45) is 1.03. The molecule has 1 aromatic rings. The van der Waals surface area contributed by atoms with E-state index in [9.17, 15) is 4.79 Å². The van der Waals surface area contributed by atoms with Crippen molar-refractivity contribution in [1.82, 2.24) is 14.9 Å². The van der Waals surface area contributed by atoms with Crippen LogP contribution in [0.15, 0.2) is 5.38 Å². The van der Waals surface area contributed by atoms with E-state index in [4.69, 9.17) is 5.11 Å². The monoisotopic (exact) mass is 199 g/mol. The first kappa shape index (κ1) is 8.58. The molecule has 0 aromatic carbocycles. The van der Waals surface area contributed by atoms with Crippen LogP contribution in [-0.4, -0.2) is 32.7 Å². The van der Waals surface area contributed by atoms with Gasteiger partial charge in [0.1, 0.15) is 0 Å². The van der Waals surface area contributed by atoms with Crippen LogP contribution in [0.4, 0.5) is 0 Å². The van der Waals surface area contributed by atoms with Crippen LogP contribution >= 0.6 is 11.5 Å². The van der Waals surface area contributed by atoms with Crippen LogP contribution in [0, 0.1) is 0 Å². The fourth-order valence-corrected chi connectivity index (χ4v) is 1.66. The Morgan fingerprint density at radius 1 is 1.69 bits per heavy atom. The van der Waals surface area contributed by atoms with E-state index in [-0.39, 0.29) is 18.1 Å². The molecule has 5 nitrogen and oxygen atoms in total. The van der Waals surface area contributed by atoms with E-state index in [0.717, 1.165) is 11.5 Å². The molecule has 1 heterocycles. The predicted octanol–water partition coefficient (Wildman–Crippen LogP) is -0.209. The van der Waals surface area contributed by atoms with Gasteiger partial charge in [0.2, 0.25) is 0 Å². The van der Waals surface area contributed by atoms with E-state index in [0.29, 0.717) is 18.5 Å². The second-order valence-corrected chi connectivity index (χ2v) is 3.70. The van der Waals surface area contributed by atoms with Gasteiger partial charge < -0.3 is 10.4 Å². The maximum atomic E-state index is 11.3. The minimum atomic E-state index is -0.251. The van der Waals surface area contributed by atoms with Crippen molar-refractivity contribution in [1.29, 1.82) is 0 Å². The third-order valence-electron chi connectivity index (χ3n) is 2.04. The van der Waals surface area contributed by atoms with Crippen molar-refractivity contribution in [2.75, 3.05) is 0 Å². The SMILES string of the molecule is O=C(NC1CC(O)C1)c1csnn1. The first-order chi connectivity index (χ1) is 6.25. The first-order valence-corrected chi connectivity index (χ1v) is 4.85. The maximum Gasteiger partial charge on any atom is 0.272 e. The lowest BCUT2D eigenvalue weighted by molar-refractivity contribution is 0.0560. The quantitative estimate of drug-likeness (QED) is 0.691. The average molecular weight is 199 g/mol. The van der Waals surface area contributed by atoms with Gasteiger partial charge in [0.05, 0.1) is 6.10 Å². The summed E-state index contributed by atoms with van der Waals surface area (Å²) in [5.41, 5.74) is 0.353. The molecule has 0 spiro atoms. The van der Waals surface area contributed by atoms with Gasteiger partial charge in [-0.15, -0.1) is 5.10 Å². The third kappa shape index (κ3) is 1.84. The van der Waals surface area contributed by atoms with E-state index < -0.39 is 0 Å². The number of carbonyl (C=O) groups excluding carboxylic acids is 1. The second kappa shape index (κ2) is 3.39. The van der Waals surface area contributed by atoms with Crippen LogP contribution < -0.4 is 5.32 Å². The van der Waals surface area contributed by atoms with Crippen LogP contribution in [0.1, 0.15) is 23.3 Å². The lowest BCUT2D eigenvalue weighted by Gasteiger charge is -2.31. The van der Waals surface area contributed by atoms with Crippen molar-refractivity contribution in [2.24, 2.45) is 0 Å². The van der Waals surface area contributed by atoms with Crippen molar-refractivity contribution in [3.05, 3.63) is 11.1 Å². The van der Waals surface area contributed by atoms with Crippen LogP contribution in [-0.2, 0) is 0 Å². The molecule has 1 aromatic heterocycles. The predicted molar refractivity (Wildman–Crippen MR) is 46.4 cm³/mol. The first-order valence-electron chi connectivity index (χ1n) is 4.01. The molecule has 6 heteroatoms. The molecular formula is C7H9N3O2S. The molecule has 0 unspecified atom stereocenters. The van der Waals surface area contributed by atoms with Crippen molar-refractivity contribution in [3.63, 3.8) is 0 Å². The highest BCUT2D eigenvalue weighted by Crippen LogP contribution is 2.19. The van der Waals surface area contributed by atoms with Gasteiger partial charge in [0.25, 0.3) is 5.91 Å². The molecule has 1 saturated carbocycles. The van der Waals surface area contributed by atoms with Gasteiger partial charge in [0, 0.05) is 11.4 Å². The largest absolute Gasteiger partial charge is 0.393 e. The summed E-state index contributed by atoms with van der Waals surface area (Å²) in [4.78, 5) is 11.3. The standard InChI is InChI=1S/C7H9N3O2S/c11-5-1-4(2-5)8-7(12)6-3-13-10-9-6/h3-5,11H,1-2H2,(H,8,12). The molecule has 1 fully saturated rings. The number of hydrogen-bond donors (Lipinski definition) is 2. The molecule has 2 N–H and O–H groups in total. The highest BCUT2D eigenvalue weighted by Gasteiger charge is 2.28. The lowest BCUT2D eigenvalue weighted by atomic mass is 9.89. The van der Waals surface area contributed by atoms with E-state index in [1.165, 1.54) is 0 Å². The summed E-state index contributed by atoms with van der Waals surface area (Å²) in [5, 5.41) is 17.0. The zero-order valence-corrected chi connectivity index (χ0v) is 7.62. The fourth-order valence-electron chi connectivity index (χ4n) is 1.23. The number of aliphatic hydroxyl groups excluding tert-OH is 1. The number of nitrogens with one attached hydrogen (secondary N) is 1. The highest BCUT2D eigenvalue weighted by atomic mass is 32.1. The summed E-state index contributed by atoms with van der Waals surface area (Å²) in [6, 6.07) is 0.101. The van der Waals surface area contributed by atoms with E-state index >= 15 is 0 Å². The Balaban J connectivity index is 1.86. The number of aromatic nitrogens is 2. The van der Waals surface area contributed by atoms with Gasteiger partial charge in [0.15, 0.2) is 5.69 Å². The topological polar surface area (TPSA) is 75.1 Å². The maximum absolute atomic E-state index is 11.3. The Morgan fingerprint density at radius 3 is 3.00 bits per heavy atom. The number of carbonyl (C=O) groups is 1. The number of aliphatic hydroxyl groups is 1. The average Bonchev–Trinajstić information content (AvgIpc) is 2.53. The molecular weight excluding hydrogens is 190 g/mol. The van der Waals surface area contributed by atoms with Crippen molar-refractivity contribution < 1.29 is 9.90 Å². The van der Waals surface area contributed by atoms with Crippen molar-refractivity contribution >= 4 is 17.4 Å². The number of hydrogen-bond acceptors (Lipinski definition) is 5. The van der Waals surface area contributed by atoms with Crippen LogP contribution in [0.25, 0.3) is 0 Å². The molecule has 2 rings (SSSR count). The molecule has 0 atom stereocenters.